The van der Waals surface area contributed by atoms with Gasteiger partial charge in [-0.15, -0.1) is 0 Å². The van der Waals surface area contributed by atoms with Crippen molar-refractivity contribution in [1.82, 2.24) is 10.2 Å². The fraction of sp³-hybridized carbons (Fsp3) is 0.231. The molecule has 2 amide bonds. The van der Waals surface area contributed by atoms with Crippen LogP contribution < -0.4 is 9.62 Å². The highest BCUT2D eigenvalue weighted by Gasteiger charge is 2.32. The van der Waals surface area contributed by atoms with E-state index < -0.39 is 40.2 Å². The Balaban J connectivity index is 2.01. The molecule has 190 valence electrons. The Hall–Kier alpha value is -3.43. The molecule has 3 aromatic carbocycles. The van der Waals surface area contributed by atoms with Crippen LogP contribution in [0.2, 0.25) is 5.02 Å². The topological polar surface area (TPSA) is 86.8 Å². The fourth-order valence-electron chi connectivity index (χ4n) is 3.55. The van der Waals surface area contributed by atoms with Gasteiger partial charge in [-0.2, -0.15) is 0 Å². The van der Waals surface area contributed by atoms with E-state index in [0.717, 1.165) is 9.87 Å². The van der Waals surface area contributed by atoms with Crippen molar-refractivity contribution < 1.29 is 22.4 Å². The van der Waals surface area contributed by atoms with Crippen LogP contribution in [-0.4, -0.2) is 44.8 Å². The summed E-state index contributed by atoms with van der Waals surface area (Å²) >= 11 is 6.00. The number of likely N-dealkylation sites (N-methyl/N-ethyl adjacent to an activating group) is 1. The lowest BCUT2D eigenvalue weighted by Crippen LogP contribution is -2.50. The zero-order valence-corrected chi connectivity index (χ0v) is 21.7. The highest BCUT2D eigenvalue weighted by Crippen LogP contribution is 2.26. The van der Waals surface area contributed by atoms with Gasteiger partial charge in [-0.3, -0.25) is 13.9 Å². The van der Waals surface area contributed by atoms with E-state index in [1.807, 2.05) is 6.92 Å². The van der Waals surface area contributed by atoms with Gasteiger partial charge in [0, 0.05) is 18.6 Å². The number of carbonyl (C=O) groups excluding carboxylic acids is 2. The predicted molar refractivity (Wildman–Crippen MR) is 138 cm³/mol. The van der Waals surface area contributed by atoms with E-state index >= 15 is 0 Å². The summed E-state index contributed by atoms with van der Waals surface area (Å²) in [7, 11) is -2.70. The summed E-state index contributed by atoms with van der Waals surface area (Å²) in [6.07, 6.45) is 0. The standard InChI is InChI=1S/C26H27ClFN3O4S/c1-18-4-14-24(15-5-18)36(34,35)31(23-12-8-21(27)9-13-23)17-25(32)30(19(2)26(33)29-3)16-20-6-10-22(28)11-7-20/h4-15,19H,16-17H2,1-3H3,(H,29,33)/t19-/m1/s1. The maximum atomic E-state index is 13.6. The van der Waals surface area contributed by atoms with Gasteiger partial charge in [0.15, 0.2) is 0 Å². The summed E-state index contributed by atoms with van der Waals surface area (Å²) in [5.41, 5.74) is 1.70. The van der Waals surface area contributed by atoms with Gasteiger partial charge in [0.05, 0.1) is 10.6 Å². The number of nitrogens with one attached hydrogen (secondary N) is 1. The molecular formula is C26H27ClFN3O4S. The summed E-state index contributed by atoms with van der Waals surface area (Å²) in [4.78, 5) is 27.3. The quantitative estimate of drug-likeness (QED) is 0.449. The molecular weight excluding hydrogens is 505 g/mol. The first kappa shape index (κ1) is 27.2. The number of aryl methyl sites for hydroxylation is 1. The van der Waals surface area contributed by atoms with E-state index in [1.165, 1.54) is 72.6 Å². The second kappa shape index (κ2) is 11.5. The molecule has 3 rings (SSSR count). The van der Waals surface area contributed by atoms with E-state index in [1.54, 1.807) is 19.1 Å². The molecule has 10 heteroatoms. The molecule has 1 N–H and O–H groups in total. The van der Waals surface area contributed by atoms with E-state index in [0.29, 0.717) is 10.6 Å². The number of rotatable bonds is 9. The molecule has 7 nitrogen and oxygen atoms in total. The molecule has 0 fully saturated rings. The van der Waals surface area contributed by atoms with Crippen molar-refractivity contribution in [3.63, 3.8) is 0 Å². The van der Waals surface area contributed by atoms with Gasteiger partial charge in [0.25, 0.3) is 10.0 Å². The average Bonchev–Trinajstić information content (AvgIpc) is 2.86. The first-order chi connectivity index (χ1) is 17.0. The molecule has 0 bridgehead atoms. The average molecular weight is 532 g/mol. The first-order valence-corrected chi connectivity index (χ1v) is 12.9. The van der Waals surface area contributed by atoms with Gasteiger partial charge in [0.1, 0.15) is 18.4 Å². The predicted octanol–water partition coefficient (Wildman–Crippen LogP) is 4.15. The Labute approximate surface area is 215 Å². The maximum absolute atomic E-state index is 13.6. The number of anilines is 1. The number of benzene rings is 3. The zero-order valence-electron chi connectivity index (χ0n) is 20.1. The monoisotopic (exact) mass is 531 g/mol. The molecule has 0 saturated heterocycles. The van der Waals surface area contributed by atoms with Gasteiger partial charge in [-0.05, 0) is 67.9 Å². The van der Waals surface area contributed by atoms with Crippen molar-refractivity contribution in [3.8, 4) is 0 Å². The number of amides is 2. The van der Waals surface area contributed by atoms with Gasteiger partial charge in [-0.1, -0.05) is 41.4 Å². The van der Waals surface area contributed by atoms with E-state index in [-0.39, 0.29) is 17.1 Å². The molecule has 0 unspecified atom stereocenters. The summed E-state index contributed by atoms with van der Waals surface area (Å²) in [6.45, 7) is 2.79. The lowest BCUT2D eigenvalue weighted by Gasteiger charge is -2.31. The molecule has 0 radical (unpaired) electrons. The maximum Gasteiger partial charge on any atom is 0.264 e. The molecule has 0 heterocycles. The smallest absolute Gasteiger partial charge is 0.264 e. The van der Waals surface area contributed by atoms with E-state index in [9.17, 15) is 22.4 Å². The van der Waals surface area contributed by atoms with Gasteiger partial charge in [-0.25, -0.2) is 12.8 Å². The first-order valence-electron chi connectivity index (χ1n) is 11.1. The van der Waals surface area contributed by atoms with Crippen molar-refractivity contribution in [2.75, 3.05) is 17.9 Å². The summed E-state index contributed by atoms with van der Waals surface area (Å²) in [6, 6.07) is 17.0. The van der Waals surface area contributed by atoms with E-state index in [2.05, 4.69) is 5.32 Å². The molecule has 0 aliphatic carbocycles. The fourth-order valence-corrected chi connectivity index (χ4v) is 5.09. The van der Waals surface area contributed by atoms with E-state index in [4.69, 9.17) is 11.6 Å². The minimum atomic E-state index is -4.15. The third-order valence-corrected chi connectivity index (χ3v) is 7.72. The molecule has 0 aromatic heterocycles. The van der Waals surface area contributed by atoms with Gasteiger partial charge < -0.3 is 10.2 Å². The molecule has 3 aromatic rings. The molecule has 0 aliphatic rings. The van der Waals surface area contributed by atoms with Gasteiger partial charge >= 0.3 is 0 Å². The zero-order chi connectivity index (χ0) is 26.5. The third kappa shape index (κ3) is 6.41. The SMILES string of the molecule is CNC(=O)[C@@H](C)N(Cc1ccc(F)cc1)C(=O)CN(c1ccc(Cl)cc1)S(=O)(=O)c1ccc(C)cc1. The summed E-state index contributed by atoms with van der Waals surface area (Å²) in [5.74, 6) is -1.47. The van der Waals surface area contributed by atoms with Crippen molar-refractivity contribution in [3.05, 3.63) is 94.8 Å². The van der Waals surface area contributed by atoms with Crippen LogP contribution >= 0.6 is 11.6 Å². The Morgan fingerprint density at radius 1 is 0.972 bits per heavy atom. The van der Waals surface area contributed by atoms with Crippen molar-refractivity contribution in [2.45, 2.75) is 31.3 Å². The normalized spacial score (nSPS) is 12.0. The van der Waals surface area contributed by atoms with Crippen molar-refractivity contribution in [2.24, 2.45) is 0 Å². The molecule has 0 spiro atoms. The largest absolute Gasteiger partial charge is 0.357 e. The van der Waals surface area contributed by atoms with Crippen LogP contribution in [-0.2, 0) is 26.2 Å². The van der Waals surface area contributed by atoms with Crippen molar-refractivity contribution in [1.29, 1.82) is 0 Å². The number of halogens is 2. The number of hydrogen-bond donors (Lipinski definition) is 1. The van der Waals surface area contributed by atoms with Crippen LogP contribution in [0.4, 0.5) is 10.1 Å². The van der Waals surface area contributed by atoms with Gasteiger partial charge in [0.2, 0.25) is 11.8 Å². The Kier molecular flexibility index (Phi) is 8.70. The highest BCUT2D eigenvalue weighted by atomic mass is 35.5. The number of hydrogen-bond acceptors (Lipinski definition) is 4. The van der Waals surface area contributed by atoms with Crippen LogP contribution in [0.25, 0.3) is 0 Å². The Bertz CT molecular complexity index is 1310. The summed E-state index contributed by atoms with van der Waals surface area (Å²) < 4.78 is 41.7. The highest BCUT2D eigenvalue weighted by molar-refractivity contribution is 7.92. The molecule has 0 aliphatic heterocycles. The Morgan fingerprint density at radius 2 is 1.56 bits per heavy atom. The van der Waals surface area contributed by atoms with Crippen LogP contribution in [0.5, 0.6) is 0 Å². The minimum Gasteiger partial charge on any atom is -0.357 e. The lowest BCUT2D eigenvalue weighted by atomic mass is 10.1. The lowest BCUT2D eigenvalue weighted by molar-refractivity contribution is -0.139. The summed E-state index contributed by atoms with van der Waals surface area (Å²) in [5, 5.41) is 2.91. The van der Waals surface area contributed by atoms with Crippen LogP contribution in [0.1, 0.15) is 18.1 Å². The molecule has 36 heavy (non-hydrogen) atoms. The third-order valence-electron chi connectivity index (χ3n) is 5.68. The molecule has 1 atom stereocenters. The Morgan fingerprint density at radius 3 is 2.11 bits per heavy atom. The van der Waals surface area contributed by atoms with Crippen LogP contribution in [0.15, 0.2) is 77.7 Å². The second-order valence-electron chi connectivity index (χ2n) is 8.24. The second-order valence-corrected chi connectivity index (χ2v) is 10.5. The minimum absolute atomic E-state index is 0.0142. The van der Waals surface area contributed by atoms with Crippen molar-refractivity contribution >= 4 is 39.1 Å². The van der Waals surface area contributed by atoms with Crippen LogP contribution in [0.3, 0.4) is 0 Å². The molecule has 0 saturated carbocycles. The van der Waals surface area contributed by atoms with Crippen LogP contribution in [0, 0.1) is 12.7 Å². The number of sulfonamides is 1. The number of nitrogens with zero attached hydrogens (tertiary/aromatic N) is 2. The number of carbonyl (C=O) groups is 2.